The van der Waals surface area contributed by atoms with E-state index >= 15 is 0 Å². The first-order chi connectivity index (χ1) is 11.3. The highest BCUT2D eigenvalue weighted by molar-refractivity contribution is 5.89. The van der Waals surface area contributed by atoms with Crippen molar-refractivity contribution in [2.45, 2.75) is 12.6 Å². The summed E-state index contributed by atoms with van der Waals surface area (Å²) in [4.78, 5) is 26.7. The van der Waals surface area contributed by atoms with E-state index in [2.05, 4.69) is 10.1 Å². The topological polar surface area (TPSA) is 61.9 Å². The van der Waals surface area contributed by atoms with Gasteiger partial charge in [-0.2, -0.15) is 13.2 Å². The van der Waals surface area contributed by atoms with Gasteiger partial charge in [0.1, 0.15) is 0 Å². The number of nitrogens with one attached hydrogen (secondary N) is 1. The number of nitrogens with zero attached hydrogens (tertiary/aromatic N) is 2. The third kappa shape index (κ3) is 4.53. The van der Waals surface area contributed by atoms with Crippen molar-refractivity contribution in [3.63, 3.8) is 0 Å². The normalized spacial score (nSPS) is 15.7. The third-order valence-corrected chi connectivity index (χ3v) is 3.66. The molecule has 2 rings (SSSR count). The molecular weight excluding hydrogens is 327 g/mol. The average molecular weight is 345 g/mol. The zero-order valence-corrected chi connectivity index (χ0v) is 13.1. The van der Waals surface area contributed by atoms with Crippen molar-refractivity contribution >= 4 is 17.8 Å². The SMILES string of the molecule is COC(=O)N1CCCN(C(=O)Nc2cccc(C(F)(F)F)c2)CC1. The van der Waals surface area contributed by atoms with Gasteiger partial charge in [-0.25, -0.2) is 9.59 Å². The lowest BCUT2D eigenvalue weighted by Crippen LogP contribution is -2.39. The van der Waals surface area contributed by atoms with Gasteiger partial charge in [0.25, 0.3) is 0 Å². The summed E-state index contributed by atoms with van der Waals surface area (Å²) in [5, 5.41) is 2.46. The van der Waals surface area contributed by atoms with Crippen molar-refractivity contribution in [1.82, 2.24) is 9.80 Å². The lowest BCUT2D eigenvalue weighted by atomic mass is 10.2. The molecular formula is C15H18F3N3O3. The van der Waals surface area contributed by atoms with Crippen LogP contribution in [0, 0.1) is 0 Å². The van der Waals surface area contributed by atoms with E-state index in [0.717, 1.165) is 12.1 Å². The minimum Gasteiger partial charge on any atom is -0.453 e. The Hall–Kier alpha value is -2.45. The number of alkyl halides is 3. The fourth-order valence-electron chi connectivity index (χ4n) is 2.41. The van der Waals surface area contributed by atoms with E-state index in [1.165, 1.54) is 29.0 Å². The highest BCUT2D eigenvalue weighted by Gasteiger charge is 2.30. The van der Waals surface area contributed by atoms with Crippen molar-refractivity contribution < 1.29 is 27.5 Å². The van der Waals surface area contributed by atoms with Crippen LogP contribution in [-0.2, 0) is 10.9 Å². The summed E-state index contributed by atoms with van der Waals surface area (Å²) < 4.78 is 42.7. The fourth-order valence-corrected chi connectivity index (χ4v) is 2.41. The monoisotopic (exact) mass is 345 g/mol. The molecule has 1 fully saturated rings. The van der Waals surface area contributed by atoms with Crippen molar-refractivity contribution in [2.24, 2.45) is 0 Å². The summed E-state index contributed by atoms with van der Waals surface area (Å²) >= 11 is 0. The van der Waals surface area contributed by atoms with E-state index in [1.807, 2.05) is 0 Å². The molecule has 6 nitrogen and oxygen atoms in total. The maximum absolute atomic E-state index is 12.7. The van der Waals surface area contributed by atoms with Gasteiger partial charge >= 0.3 is 18.3 Å². The van der Waals surface area contributed by atoms with Gasteiger partial charge in [0.05, 0.1) is 12.7 Å². The number of amides is 3. The maximum Gasteiger partial charge on any atom is 0.416 e. The lowest BCUT2D eigenvalue weighted by Gasteiger charge is -2.22. The van der Waals surface area contributed by atoms with E-state index in [1.54, 1.807) is 0 Å². The second-order valence-electron chi connectivity index (χ2n) is 5.31. The molecule has 1 aliphatic heterocycles. The predicted molar refractivity (Wildman–Crippen MR) is 80.6 cm³/mol. The van der Waals surface area contributed by atoms with E-state index in [9.17, 15) is 22.8 Å². The molecule has 9 heteroatoms. The molecule has 0 unspecified atom stereocenters. The van der Waals surface area contributed by atoms with Gasteiger partial charge in [0, 0.05) is 31.9 Å². The standard InChI is InChI=1S/C15H18F3N3O3/c1-24-14(23)21-7-3-6-20(8-9-21)13(22)19-12-5-2-4-11(10-12)15(16,17)18/h2,4-5,10H,3,6-9H2,1H3,(H,19,22). The molecule has 1 heterocycles. The third-order valence-electron chi connectivity index (χ3n) is 3.66. The first-order valence-corrected chi connectivity index (χ1v) is 7.37. The summed E-state index contributed by atoms with van der Waals surface area (Å²) in [5.74, 6) is 0. The van der Waals surface area contributed by atoms with Gasteiger partial charge in [0.2, 0.25) is 0 Å². The molecule has 0 atom stereocenters. The van der Waals surface area contributed by atoms with Gasteiger partial charge in [-0.1, -0.05) is 6.07 Å². The van der Waals surface area contributed by atoms with Gasteiger partial charge < -0.3 is 19.9 Å². The van der Waals surface area contributed by atoms with Crippen molar-refractivity contribution in [2.75, 3.05) is 38.6 Å². The Kier molecular flexibility index (Phi) is 5.53. The Balaban J connectivity index is 1.99. The second kappa shape index (κ2) is 7.41. The van der Waals surface area contributed by atoms with Crippen LogP contribution < -0.4 is 5.32 Å². The van der Waals surface area contributed by atoms with Gasteiger partial charge in [0.15, 0.2) is 0 Å². The fraction of sp³-hybridized carbons (Fsp3) is 0.467. The van der Waals surface area contributed by atoms with Gasteiger partial charge in [-0.15, -0.1) is 0 Å². The Morgan fingerprint density at radius 1 is 1.12 bits per heavy atom. The number of methoxy groups -OCH3 is 1. The quantitative estimate of drug-likeness (QED) is 0.851. The Bertz CT molecular complexity index is 607. The number of rotatable bonds is 1. The van der Waals surface area contributed by atoms with Crippen LogP contribution in [0.4, 0.5) is 28.4 Å². The maximum atomic E-state index is 12.7. The highest BCUT2D eigenvalue weighted by atomic mass is 19.4. The van der Waals surface area contributed by atoms with Crippen molar-refractivity contribution in [3.8, 4) is 0 Å². The summed E-state index contributed by atoms with van der Waals surface area (Å²) in [6.45, 7) is 1.45. The average Bonchev–Trinajstić information content (AvgIpc) is 2.79. The van der Waals surface area contributed by atoms with E-state index in [4.69, 9.17) is 0 Å². The zero-order valence-electron chi connectivity index (χ0n) is 13.1. The zero-order chi connectivity index (χ0) is 17.7. The van der Waals surface area contributed by atoms with Crippen LogP contribution in [0.5, 0.6) is 0 Å². The molecule has 3 amide bonds. The molecule has 1 aromatic rings. The number of carbonyl (C=O) groups is 2. The Morgan fingerprint density at radius 2 is 1.79 bits per heavy atom. The smallest absolute Gasteiger partial charge is 0.416 e. The molecule has 0 saturated carbocycles. The molecule has 0 bridgehead atoms. The number of hydrogen-bond acceptors (Lipinski definition) is 3. The minimum atomic E-state index is -4.47. The summed E-state index contributed by atoms with van der Waals surface area (Å²) in [6.07, 6.45) is -4.37. The van der Waals surface area contributed by atoms with Crippen LogP contribution >= 0.6 is 0 Å². The second-order valence-corrected chi connectivity index (χ2v) is 5.31. The number of ether oxygens (including phenoxy) is 1. The highest BCUT2D eigenvalue weighted by Crippen LogP contribution is 2.30. The van der Waals surface area contributed by atoms with Gasteiger partial charge in [-0.3, -0.25) is 0 Å². The number of anilines is 1. The summed E-state index contributed by atoms with van der Waals surface area (Å²) in [6, 6.07) is 3.96. The molecule has 132 valence electrons. The van der Waals surface area contributed by atoms with E-state index in [-0.39, 0.29) is 12.2 Å². The minimum absolute atomic E-state index is 0.0731. The Morgan fingerprint density at radius 3 is 2.46 bits per heavy atom. The molecule has 1 N–H and O–H groups in total. The van der Waals surface area contributed by atoms with Crippen LogP contribution in [-0.4, -0.2) is 55.2 Å². The molecule has 24 heavy (non-hydrogen) atoms. The number of urea groups is 1. The molecule has 1 aromatic carbocycles. The number of hydrogen-bond donors (Lipinski definition) is 1. The van der Waals surface area contributed by atoms with Crippen LogP contribution in [0.25, 0.3) is 0 Å². The molecule has 0 spiro atoms. The Labute approximate surface area is 137 Å². The largest absolute Gasteiger partial charge is 0.453 e. The summed E-state index contributed by atoms with van der Waals surface area (Å²) in [5.41, 5.74) is -0.753. The molecule has 0 aromatic heterocycles. The molecule has 0 aliphatic carbocycles. The van der Waals surface area contributed by atoms with Crippen LogP contribution in [0.15, 0.2) is 24.3 Å². The number of halogens is 3. The lowest BCUT2D eigenvalue weighted by molar-refractivity contribution is -0.137. The first-order valence-electron chi connectivity index (χ1n) is 7.37. The molecule has 1 saturated heterocycles. The summed E-state index contributed by atoms with van der Waals surface area (Å²) in [7, 11) is 1.28. The number of carbonyl (C=O) groups excluding carboxylic acids is 2. The van der Waals surface area contributed by atoms with Crippen LogP contribution in [0.2, 0.25) is 0 Å². The van der Waals surface area contributed by atoms with Crippen molar-refractivity contribution in [3.05, 3.63) is 29.8 Å². The van der Waals surface area contributed by atoms with Crippen LogP contribution in [0.3, 0.4) is 0 Å². The predicted octanol–water partition coefficient (Wildman–Crippen LogP) is 3.01. The first kappa shape index (κ1) is 17.9. The van der Waals surface area contributed by atoms with Crippen LogP contribution in [0.1, 0.15) is 12.0 Å². The number of benzene rings is 1. The van der Waals surface area contributed by atoms with Gasteiger partial charge in [-0.05, 0) is 24.6 Å². The molecule has 0 radical (unpaired) electrons. The molecule has 1 aliphatic rings. The van der Waals surface area contributed by atoms with E-state index < -0.39 is 23.9 Å². The van der Waals surface area contributed by atoms with Crippen molar-refractivity contribution in [1.29, 1.82) is 0 Å². The van der Waals surface area contributed by atoms with E-state index in [0.29, 0.717) is 26.1 Å².